The van der Waals surface area contributed by atoms with Gasteiger partial charge in [0.2, 0.25) is 5.91 Å². The third-order valence-electron chi connectivity index (χ3n) is 15.8. The summed E-state index contributed by atoms with van der Waals surface area (Å²) >= 11 is 0. The summed E-state index contributed by atoms with van der Waals surface area (Å²) in [7, 11) is 0. The fourth-order valence-electron chi connectivity index (χ4n) is 10.7. The van der Waals surface area contributed by atoms with Crippen LogP contribution in [-0.4, -0.2) is 47.4 Å². The largest absolute Gasteiger partial charge is 0.466 e. The van der Waals surface area contributed by atoms with Gasteiger partial charge < -0.3 is 20.3 Å². The van der Waals surface area contributed by atoms with Gasteiger partial charge >= 0.3 is 5.97 Å². The first-order chi connectivity index (χ1) is 36.0. The van der Waals surface area contributed by atoms with E-state index < -0.39 is 12.1 Å². The predicted octanol–water partition coefficient (Wildman–Crippen LogP) is 21.2. The van der Waals surface area contributed by atoms with Crippen LogP contribution in [0.5, 0.6) is 0 Å². The van der Waals surface area contributed by atoms with Gasteiger partial charge in [0.15, 0.2) is 0 Å². The number of hydrogen-bond acceptors (Lipinski definition) is 5. The third-order valence-corrected chi connectivity index (χ3v) is 15.8. The Kier molecular flexibility index (Phi) is 61.9. The molecule has 2 atom stereocenters. The van der Waals surface area contributed by atoms with E-state index >= 15 is 0 Å². The second-order valence-electron chi connectivity index (χ2n) is 23.2. The molecule has 0 aliphatic rings. The number of esters is 1. The average Bonchev–Trinajstić information content (AvgIpc) is 3.39. The summed E-state index contributed by atoms with van der Waals surface area (Å²) in [5, 5.41) is 23.2. The van der Waals surface area contributed by atoms with E-state index in [1.807, 2.05) is 6.08 Å². The first kappa shape index (κ1) is 71.6. The maximum Gasteiger partial charge on any atom is 0.305 e. The molecule has 0 radical (unpaired) electrons. The maximum absolute atomic E-state index is 12.5. The van der Waals surface area contributed by atoms with Crippen LogP contribution < -0.4 is 5.32 Å². The lowest BCUT2D eigenvalue weighted by atomic mass is 10.0. The molecule has 0 aromatic carbocycles. The summed E-state index contributed by atoms with van der Waals surface area (Å²) < 4.78 is 5.49. The SMILES string of the molecule is CCCCCCCCCCCCCCCCCCCC/C=C/C(O)C(CO)NC(=O)CCCCCCCCCCCCCCCCCCCCCCCCCOC(=O)CCCCCCCCCCCCCCC. The molecular weight excluding hydrogens is 899 g/mol. The van der Waals surface area contributed by atoms with Crippen LogP contribution in [0.15, 0.2) is 12.2 Å². The minimum Gasteiger partial charge on any atom is -0.466 e. The first-order valence-electron chi connectivity index (χ1n) is 33.5. The van der Waals surface area contributed by atoms with E-state index in [1.165, 1.54) is 315 Å². The lowest BCUT2D eigenvalue weighted by molar-refractivity contribution is -0.143. The van der Waals surface area contributed by atoms with Gasteiger partial charge in [-0.1, -0.05) is 347 Å². The van der Waals surface area contributed by atoms with Gasteiger partial charge in [0, 0.05) is 12.8 Å². The number of unbranched alkanes of at least 4 members (excludes halogenated alkanes) is 52. The average molecular weight is 1030 g/mol. The Bertz CT molecular complexity index is 1100. The molecule has 434 valence electrons. The molecule has 2 unspecified atom stereocenters. The van der Waals surface area contributed by atoms with Crippen LogP contribution >= 0.6 is 0 Å². The Morgan fingerprint density at radius 3 is 0.932 bits per heavy atom. The maximum atomic E-state index is 12.5. The van der Waals surface area contributed by atoms with Crippen molar-refractivity contribution < 1.29 is 24.5 Å². The number of rotatable bonds is 63. The van der Waals surface area contributed by atoms with E-state index in [4.69, 9.17) is 4.74 Å². The summed E-state index contributed by atoms with van der Waals surface area (Å²) in [5.41, 5.74) is 0. The topological polar surface area (TPSA) is 95.9 Å². The van der Waals surface area contributed by atoms with Crippen LogP contribution in [0.1, 0.15) is 380 Å². The van der Waals surface area contributed by atoms with Crippen LogP contribution in [0, 0.1) is 0 Å². The highest BCUT2D eigenvalue weighted by molar-refractivity contribution is 5.76. The minimum atomic E-state index is -0.844. The fraction of sp³-hybridized carbons (Fsp3) is 0.940. The normalized spacial score (nSPS) is 12.5. The number of carbonyl (C=O) groups excluding carboxylic acids is 2. The molecule has 3 N–H and O–H groups in total. The molecule has 0 rings (SSSR count). The van der Waals surface area contributed by atoms with E-state index in [-0.39, 0.29) is 18.5 Å². The zero-order valence-corrected chi connectivity index (χ0v) is 49.6. The van der Waals surface area contributed by atoms with Crippen molar-refractivity contribution in [2.75, 3.05) is 13.2 Å². The highest BCUT2D eigenvalue weighted by atomic mass is 16.5. The molecule has 0 fully saturated rings. The van der Waals surface area contributed by atoms with Gasteiger partial charge in [-0.15, -0.1) is 0 Å². The molecule has 1 amide bonds. The Labute approximate surface area is 457 Å². The van der Waals surface area contributed by atoms with Gasteiger partial charge in [-0.05, 0) is 32.1 Å². The van der Waals surface area contributed by atoms with E-state index in [9.17, 15) is 19.8 Å². The molecule has 0 aromatic heterocycles. The Morgan fingerprint density at radius 2 is 0.630 bits per heavy atom. The Morgan fingerprint density at radius 1 is 0.370 bits per heavy atom. The lowest BCUT2D eigenvalue weighted by Gasteiger charge is -2.20. The smallest absolute Gasteiger partial charge is 0.305 e. The Balaban J connectivity index is 3.39. The van der Waals surface area contributed by atoms with E-state index in [0.717, 1.165) is 38.5 Å². The van der Waals surface area contributed by atoms with Crippen LogP contribution in [0.25, 0.3) is 0 Å². The molecule has 0 saturated heterocycles. The van der Waals surface area contributed by atoms with Crippen molar-refractivity contribution in [3.05, 3.63) is 12.2 Å². The van der Waals surface area contributed by atoms with Crippen molar-refractivity contribution in [1.29, 1.82) is 0 Å². The van der Waals surface area contributed by atoms with E-state index in [2.05, 4.69) is 19.2 Å². The summed E-state index contributed by atoms with van der Waals surface area (Å²) in [6.07, 6.45) is 77.0. The lowest BCUT2D eigenvalue weighted by Crippen LogP contribution is -2.45. The van der Waals surface area contributed by atoms with Crippen LogP contribution in [0.2, 0.25) is 0 Å². The molecule has 0 aliphatic carbocycles. The molecule has 73 heavy (non-hydrogen) atoms. The van der Waals surface area contributed by atoms with Crippen LogP contribution in [-0.2, 0) is 14.3 Å². The zero-order chi connectivity index (χ0) is 52.9. The van der Waals surface area contributed by atoms with Crippen molar-refractivity contribution in [2.24, 2.45) is 0 Å². The molecule has 0 saturated carbocycles. The van der Waals surface area contributed by atoms with Gasteiger partial charge in [0.25, 0.3) is 0 Å². The van der Waals surface area contributed by atoms with Gasteiger partial charge in [0.05, 0.1) is 25.4 Å². The van der Waals surface area contributed by atoms with E-state index in [0.29, 0.717) is 19.4 Å². The number of ether oxygens (including phenoxy) is 1. The molecule has 6 heteroatoms. The fourth-order valence-corrected chi connectivity index (χ4v) is 10.7. The number of allylic oxidation sites excluding steroid dienone is 1. The summed E-state index contributed by atoms with van der Waals surface area (Å²) in [4.78, 5) is 24.6. The molecule has 0 heterocycles. The number of aliphatic hydroxyl groups excluding tert-OH is 2. The van der Waals surface area contributed by atoms with Gasteiger partial charge in [0.1, 0.15) is 0 Å². The number of aliphatic hydroxyl groups is 2. The van der Waals surface area contributed by atoms with Gasteiger partial charge in [-0.3, -0.25) is 9.59 Å². The second-order valence-corrected chi connectivity index (χ2v) is 23.2. The van der Waals surface area contributed by atoms with Crippen molar-refractivity contribution in [1.82, 2.24) is 5.32 Å². The first-order valence-corrected chi connectivity index (χ1v) is 33.5. The molecule has 0 aromatic rings. The monoisotopic (exact) mass is 1030 g/mol. The molecule has 0 aliphatic heterocycles. The van der Waals surface area contributed by atoms with Crippen molar-refractivity contribution in [3.8, 4) is 0 Å². The molecule has 0 bridgehead atoms. The summed E-state index contributed by atoms with van der Waals surface area (Å²) in [6, 6.07) is -0.627. The number of carbonyl (C=O) groups is 2. The number of hydrogen-bond donors (Lipinski definition) is 3. The predicted molar refractivity (Wildman–Crippen MR) is 320 cm³/mol. The van der Waals surface area contributed by atoms with Crippen molar-refractivity contribution in [3.63, 3.8) is 0 Å². The van der Waals surface area contributed by atoms with Gasteiger partial charge in [-0.2, -0.15) is 0 Å². The quantitative estimate of drug-likeness (QED) is 0.0320. The number of amides is 1. The van der Waals surface area contributed by atoms with Gasteiger partial charge in [-0.25, -0.2) is 0 Å². The second kappa shape index (κ2) is 63.1. The standard InChI is InChI=1S/C67H131NO5/c1-3-5-7-9-11-13-15-17-18-19-20-26-29-32-36-39-43-47-51-55-59-65(70)64(63-69)68-66(71)60-56-52-48-44-40-37-33-30-27-24-22-21-23-25-28-31-34-38-42-46-50-54-58-62-73-67(72)61-57-53-49-45-41-35-16-14-12-10-8-6-4-2/h55,59,64-65,69-70H,3-54,56-58,60-63H2,1-2H3,(H,68,71)/b59-55+. The Hall–Kier alpha value is -1.40. The summed E-state index contributed by atoms with van der Waals surface area (Å²) in [6.45, 7) is 4.94. The molecule has 6 nitrogen and oxygen atoms in total. The third kappa shape index (κ3) is 59.7. The molecule has 0 spiro atoms. The highest BCUT2D eigenvalue weighted by Gasteiger charge is 2.18. The number of nitrogens with one attached hydrogen (secondary N) is 1. The molecular formula is C67H131NO5. The minimum absolute atomic E-state index is 0.0163. The highest BCUT2D eigenvalue weighted by Crippen LogP contribution is 2.19. The summed E-state index contributed by atoms with van der Waals surface area (Å²) in [5.74, 6) is -0.0470. The van der Waals surface area contributed by atoms with E-state index in [1.54, 1.807) is 6.08 Å². The van der Waals surface area contributed by atoms with Crippen LogP contribution in [0.4, 0.5) is 0 Å². The van der Waals surface area contributed by atoms with Crippen molar-refractivity contribution in [2.45, 2.75) is 392 Å². The van der Waals surface area contributed by atoms with Crippen molar-refractivity contribution >= 4 is 11.9 Å². The zero-order valence-electron chi connectivity index (χ0n) is 49.6. The van der Waals surface area contributed by atoms with Crippen LogP contribution in [0.3, 0.4) is 0 Å².